The third-order valence-corrected chi connectivity index (χ3v) is 3.69. The fraction of sp³-hybridized carbons (Fsp3) is 0.529. The number of benzene rings is 1. The largest absolute Gasteiger partial charge is 0.391 e. The van der Waals surface area contributed by atoms with Crippen LogP contribution in [0.2, 0.25) is 0 Å². The van der Waals surface area contributed by atoms with Crippen molar-refractivity contribution in [1.82, 2.24) is 10.2 Å². The number of hydrogen-bond acceptors (Lipinski definition) is 3. The van der Waals surface area contributed by atoms with Crippen LogP contribution in [0.25, 0.3) is 0 Å². The fourth-order valence-electron chi connectivity index (χ4n) is 1.99. The third-order valence-electron chi connectivity index (χ3n) is 3.69. The van der Waals surface area contributed by atoms with Gasteiger partial charge in [-0.15, -0.1) is 0 Å². The molecule has 0 fully saturated rings. The van der Waals surface area contributed by atoms with E-state index in [2.05, 4.69) is 5.32 Å². The summed E-state index contributed by atoms with van der Waals surface area (Å²) in [5, 5.41) is 12.4. The summed E-state index contributed by atoms with van der Waals surface area (Å²) in [4.78, 5) is 25.9. The zero-order valence-electron chi connectivity index (χ0n) is 13.8. The number of aliphatic hydroxyl groups excluding tert-OH is 1. The zero-order chi connectivity index (χ0) is 16.7. The molecule has 0 radical (unpaired) electrons. The molecule has 0 aliphatic heterocycles. The van der Waals surface area contributed by atoms with Gasteiger partial charge in [0.15, 0.2) is 0 Å². The van der Waals surface area contributed by atoms with Crippen LogP contribution in [0.5, 0.6) is 0 Å². The van der Waals surface area contributed by atoms with Gasteiger partial charge >= 0.3 is 0 Å². The van der Waals surface area contributed by atoms with Crippen molar-refractivity contribution in [3.63, 3.8) is 0 Å². The van der Waals surface area contributed by atoms with Gasteiger partial charge in [0, 0.05) is 30.8 Å². The lowest BCUT2D eigenvalue weighted by Crippen LogP contribution is -2.34. The van der Waals surface area contributed by atoms with Gasteiger partial charge < -0.3 is 15.3 Å². The van der Waals surface area contributed by atoms with Crippen molar-refractivity contribution >= 4 is 11.8 Å². The van der Waals surface area contributed by atoms with Crippen LogP contribution in [-0.2, 0) is 0 Å². The van der Waals surface area contributed by atoms with E-state index in [1.807, 2.05) is 27.7 Å². The second kappa shape index (κ2) is 8.54. The van der Waals surface area contributed by atoms with Crippen molar-refractivity contribution < 1.29 is 14.7 Å². The number of carbonyl (C=O) groups is 2. The Labute approximate surface area is 132 Å². The summed E-state index contributed by atoms with van der Waals surface area (Å²) < 4.78 is 0. The summed E-state index contributed by atoms with van der Waals surface area (Å²) in [5.74, 6) is -0.192. The standard InChI is InChI=1S/C17H26N2O3/c1-5-19(6-2)17(22)14-9-7-13(8-10-14)16(21)18-11-15(20)12(3)4/h7-10,12,15,20H,5-6,11H2,1-4H3,(H,18,21). The lowest BCUT2D eigenvalue weighted by atomic mass is 10.1. The fourth-order valence-corrected chi connectivity index (χ4v) is 1.99. The van der Waals surface area contributed by atoms with Crippen LogP contribution >= 0.6 is 0 Å². The minimum Gasteiger partial charge on any atom is -0.391 e. The van der Waals surface area contributed by atoms with E-state index in [9.17, 15) is 14.7 Å². The Morgan fingerprint density at radius 3 is 2.05 bits per heavy atom. The number of carbonyl (C=O) groups excluding carboxylic acids is 2. The average molecular weight is 306 g/mol. The second-order valence-corrected chi connectivity index (χ2v) is 5.58. The molecule has 0 bridgehead atoms. The first kappa shape index (κ1) is 18.2. The van der Waals surface area contributed by atoms with Crippen LogP contribution in [0, 0.1) is 5.92 Å². The molecular formula is C17H26N2O3. The van der Waals surface area contributed by atoms with Crippen molar-refractivity contribution in [2.75, 3.05) is 19.6 Å². The lowest BCUT2D eigenvalue weighted by Gasteiger charge is -2.18. The molecule has 1 rings (SSSR count). The third kappa shape index (κ3) is 4.84. The molecule has 0 aliphatic rings. The van der Waals surface area contributed by atoms with E-state index in [0.29, 0.717) is 24.2 Å². The van der Waals surface area contributed by atoms with E-state index in [-0.39, 0.29) is 24.3 Å². The normalized spacial score (nSPS) is 12.1. The van der Waals surface area contributed by atoms with Crippen LogP contribution in [0.15, 0.2) is 24.3 Å². The quantitative estimate of drug-likeness (QED) is 0.808. The monoisotopic (exact) mass is 306 g/mol. The van der Waals surface area contributed by atoms with Gasteiger partial charge in [-0.05, 0) is 44.0 Å². The van der Waals surface area contributed by atoms with E-state index < -0.39 is 6.10 Å². The van der Waals surface area contributed by atoms with Crippen LogP contribution < -0.4 is 5.32 Å². The highest BCUT2D eigenvalue weighted by Crippen LogP contribution is 2.08. The summed E-state index contributed by atoms with van der Waals surface area (Å²) in [5.41, 5.74) is 1.05. The number of aliphatic hydroxyl groups is 1. The van der Waals surface area contributed by atoms with Gasteiger partial charge in [0.2, 0.25) is 0 Å². The molecule has 2 amide bonds. The van der Waals surface area contributed by atoms with Gasteiger partial charge in [0.1, 0.15) is 0 Å². The van der Waals surface area contributed by atoms with Crippen LogP contribution in [0.1, 0.15) is 48.4 Å². The minimum atomic E-state index is -0.563. The second-order valence-electron chi connectivity index (χ2n) is 5.58. The van der Waals surface area contributed by atoms with E-state index >= 15 is 0 Å². The molecule has 5 heteroatoms. The Balaban J connectivity index is 2.68. The number of rotatable bonds is 7. The summed E-state index contributed by atoms with van der Waals surface area (Å²) in [6.07, 6.45) is -0.563. The van der Waals surface area contributed by atoms with Gasteiger partial charge in [0.25, 0.3) is 11.8 Å². The molecule has 2 N–H and O–H groups in total. The van der Waals surface area contributed by atoms with Crippen molar-refractivity contribution in [2.24, 2.45) is 5.92 Å². The maximum atomic E-state index is 12.2. The number of amides is 2. The molecule has 0 heterocycles. The van der Waals surface area contributed by atoms with Gasteiger partial charge in [0.05, 0.1) is 6.10 Å². The smallest absolute Gasteiger partial charge is 0.253 e. The molecule has 0 aliphatic carbocycles. The first-order valence-corrected chi connectivity index (χ1v) is 7.76. The highest BCUT2D eigenvalue weighted by molar-refractivity contribution is 5.97. The number of nitrogens with zero attached hydrogens (tertiary/aromatic N) is 1. The molecule has 1 atom stereocenters. The molecule has 5 nitrogen and oxygen atoms in total. The van der Waals surface area contributed by atoms with Gasteiger partial charge in [-0.1, -0.05) is 13.8 Å². The Morgan fingerprint density at radius 2 is 1.59 bits per heavy atom. The van der Waals surface area contributed by atoms with E-state index in [4.69, 9.17) is 0 Å². The SMILES string of the molecule is CCN(CC)C(=O)c1ccc(C(=O)NCC(O)C(C)C)cc1. The first-order chi connectivity index (χ1) is 10.4. The Bertz CT molecular complexity index is 493. The zero-order valence-corrected chi connectivity index (χ0v) is 13.8. The average Bonchev–Trinajstić information content (AvgIpc) is 2.53. The Kier molecular flexibility index (Phi) is 7.05. The van der Waals surface area contributed by atoms with Gasteiger partial charge in [-0.2, -0.15) is 0 Å². The Morgan fingerprint density at radius 1 is 1.09 bits per heavy atom. The predicted octanol–water partition coefficient (Wildman–Crippen LogP) is 1.92. The van der Waals surface area contributed by atoms with Gasteiger partial charge in [-0.3, -0.25) is 9.59 Å². The van der Waals surface area contributed by atoms with Crippen LogP contribution in [0.4, 0.5) is 0 Å². The summed E-state index contributed by atoms with van der Waals surface area (Å²) >= 11 is 0. The molecule has 22 heavy (non-hydrogen) atoms. The highest BCUT2D eigenvalue weighted by Gasteiger charge is 2.14. The highest BCUT2D eigenvalue weighted by atomic mass is 16.3. The van der Waals surface area contributed by atoms with Crippen molar-refractivity contribution in [3.05, 3.63) is 35.4 Å². The number of nitrogens with one attached hydrogen (secondary N) is 1. The summed E-state index contributed by atoms with van der Waals surface area (Å²) in [7, 11) is 0. The maximum absolute atomic E-state index is 12.2. The minimum absolute atomic E-state index is 0.0350. The predicted molar refractivity (Wildman–Crippen MR) is 86.9 cm³/mol. The molecule has 0 saturated carbocycles. The summed E-state index contributed by atoms with van der Waals surface area (Å²) in [6, 6.07) is 6.59. The van der Waals surface area contributed by atoms with Crippen molar-refractivity contribution in [2.45, 2.75) is 33.8 Å². The molecule has 1 aromatic rings. The maximum Gasteiger partial charge on any atom is 0.253 e. The molecule has 0 spiro atoms. The molecule has 0 saturated heterocycles. The molecule has 122 valence electrons. The van der Waals surface area contributed by atoms with E-state index in [1.54, 1.807) is 29.2 Å². The topological polar surface area (TPSA) is 69.6 Å². The Hall–Kier alpha value is -1.88. The van der Waals surface area contributed by atoms with E-state index in [0.717, 1.165) is 0 Å². The molecule has 1 aromatic carbocycles. The van der Waals surface area contributed by atoms with Crippen LogP contribution in [0.3, 0.4) is 0 Å². The lowest BCUT2D eigenvalue weighted by molar-refractivity contribution is 0.0772. The van der Waals surface area contributed by atoms with Crippen molar-refractivity contribution in [3.8, 4) is 0 Å². The van der Waals surface area contributed by atoms with Gasteiger partial charge in [-0.25, -0.2) is 0 Å². The molecule has 0 aromatic heterocycles. The molecule has 1 unspecified atom stereocenters. The van der Waals surface area contributed by atoms with Crippen molar-refractivity contribution in [1.29, 1.82) is 0 Å². The number of hydrogen-bond donors (Lipinski definition) is 2. The molecular weight excluding hydrogens is 280 g/mol. The van der Waals surface area contributed by atoms with Crippen LogP contribution in [-0.4, -0.2) is 47.6 Å². The van der Waals surface area contributed by atoms with E-state index in [1.165, 1.54) is 0 Å². The first-order valence-electron chi connectivity index (χ1n) is 7.76. The summed E-state index contributed by atoms with van der Waals surface area (Å²) in [6.45, 7) is 9.19.